The minimum Gasteiger partial charge on any atom is -0.505 e. The number of rotatable bonds is 12. The number of nitrogens with two attached hydrogens (primary N) is 1. The zero-order valence-corrected chi connectivity index (χ0v) is 33.0. The van der Waals surface area contributed by atoms with Gasteiger partial charge >= 0.3 is 17.2 Å². The van der Waals surface area contributed by atoms with Crippen LogP contribution in [0.1, 0.15) is 21.5 Å². The van der Waals surface area contributed by atoms with E-state index in [1.54, 1.807) is 31.2 Å². The fraction of sp³-hybridized carbons (Fsp3) is 0.0789. The lowest BCUT2D eigenvalue weighted by molar-refractivity contribution is 0.0601. The Morgan fingerprint density at radius 1 is 0.862 bits per heavy atom. The summed E-state index contributed by atoms with van der Waals surface area (Å²) in [5, 5.41) is 28.9. The van der Waals surface area contributed by atoms with Crippen molar-refractivity contribution in [3.63, 3.8) is 0 Å². The third kappa shape index (κ3) is 8.40. The van der Waals surface area contributed by atoms with E-state index in [2.05, 4.69) is 27.0 Å². The van der Waals surface area contributed by atoms with Gasteiger partial charge in [0.2, 0.25) is 0 Å². The van der Waals surface area contributed by atoms with Gasteiger partial charge in [0, 0.05) is 12.4 Å². The Balaban J connectivity index is 1.29. The molecule has 0 aliphatic carbocycles. The van der Waals surface area contributed by atoms with Gasteiger partial charge in [-0.3, -0.25) is 13.4 Å². The van der Waals surface area contributed by atoms with Crippen LogP contribution in [0.5, 0.6) is 11.5 Å². The average molecular weight is 845 g/mol. The number of hydrogen-bond donors (Lipinski definition) is 4. The Morgan fingerprint density at radius 2 is 1.57 bits per heavy atom. The van der Waals surface area contributed by atoms with Crippen LogP contribution in [-0.2, 0) is 36.2 Å². The lowest BCUT2D eigenvalue weighted by atomic mass is 10.0. The van der Waals surface area contributed by atoms with Crippen molar-refractivity contribution in [3.8, 4) is 11.5 Å². The number of azo groups is 2. The van der Waals surface area contributed by atoms with Crippen molar-refractivity contribution in [1.29, 1.82) is 0 Å². The first-order valence-electron chi connectivity index (χ1n) is 16.6. The summed E-state index contributed by atoms with van der Waals surface area (Å²) in [4.78, 5) is 11.3. The summed E-state index contributed by atoms with van der Waals surface area (Å²) in [6, 6.07) is 22.0. The largest absolute Gasteiger partial charge is 0.505 e. The third-order valence-electron chi connectivity index (χ3n) is 8.70. The molecule has 0 radical (unpaired) electrons. The number of phenols is 1. The van der Waals surface area contributed by atoms with E-state index >= 15 is 0 Å². The highest BCUT2D eigenvalue weighted by Gasteiger charge is 2.25. The lowest BCUT2D eigenvalue weighted by Crippen LogP contribution is -2.24. The molecule has 0 aliphatic heterocycles. The number of nitrogens with zero attached hydrogens (tertiary/aromatic N) is 5. The van der Waals surface area contributed by atoms with Crippen molar-refractivity contribution >= 4 is 99.2 Å². The fourth-order valence-electron chi connectivity index (χ4n) is 5.82. The van der Waals surface area contributed by atoms with Gasteiger partial charge in [0.15, 0.2) is 5.75 Å². The first-order valence-corrected chi connectivity index (χ1v) is 20.5. The zero-order valence-electron chi connectivity index (χ0n) is 30.6. The number of ether oxygens (including phenoxy) is 1. The topological polar surface area (TPSA) is 260 Å². The van der Waals surface area contributed by atoms with Crippen LogP contribution >= 0.6 is 0 Å². The summed E-state index contributed by atoms with van der Waals surface area (Å²) in [5.74, 6) is -1.34. The van der Waals surface area contributed by atoms with Gasteiger partial charge in [-0.1, -0.05) is 36.9 Å². The SMILES string of the molecule is C=Cc1ccc(C(=O)OC)c(N=Nc2c(S(=O)(=O)O)cc3cc(C)c(N=Nc4ccc(OS(=O)N(C)c5cccc6ccc(S(=O)(=O)O)cc56)cc4)c(N)c3c2O)c1. The van der Waals surface area contributed by atoms with Gasteiger partial charge in [-0.25, -0.2) is 4.79 Å². The normalized spacial score (nSPS) is 12.6. The van der Waals surface area contributed by atoms with Crippen LogP contribution in [0.25, 0.3) is 27.6 Å². The van der Waals surface area contributed by atoms with Crippen molar-refractivity contribution in [2.75, 3.05) is 24.2 Å². The number of phenolic OH excluding ortho intramolecular Hbond substituents is 1. The third-order valence-corrected chi connectivity index (χ3v) is 11.4. The van der Waals surface area contributed by atoms with Crippen molar-refractivity contribution < 1.29 is 49.0 Å². The number of anilines is 2. The maximum atomic E-state index is 13.2. The standard InChI is InChI=1S/C38H32N6O11S3/c1-5-22-9-16-28(38(46)54-4)30(18-22)41-43-36-32(58(51,52)53)19-24-17-21(2)35(34(39)33(24)37(36)45)42-40-25-11-13-26(14-12-25)55-56(47)44(3)31-8-6-7-23-10-15-27(20-29(23)31)57(48,49)50/h5-20,45H,1,39H2,2-4H3,(H,48,49,50)(H,51,52,53). The van der Waals surface area contributed by atoms with Crippen LogP contribution in [0.4, 0.5) is 34.1 Å². The van der Waals surface area contributed by atoms with Crippen molar-refractivity contribution in [1.82, 2.24) is 0 Å². The van der Waals surface area contributed by atoms with Gasteiger partial charge in [-0.2, -0.15) is 26.2 Å². The Kier molecular flexibility index (Phi) is 11.4. The minimum absolute atomic E-state index is 0.0244. The van der Waals surface area contributed by atoms with Crippen LogP contribution in [-0.4, -0.2) is 55.4 Å². The molecule has 17 nitrogen and oxygen atoms in total. The van der Waals surface area contributed by atoms with Gasteiger partial charge in [0.05, 0.1) is 40.0 Å². The molecule has 0 saturated heterocycles. The molecule has 0 heterocycles. The molecule has 58 heavy (non-hydrogen) atoms. The molecule has 20 heteroatoms. The zero-order chi connectivity index (χ0) is 42.1. The van der Waals surface area contributed by atoms with E-state index in [9.17, 15) is 40.1 Å². The van der Waals surface area contributed by atoms with E-state index in [-0.39, 0.29) is 44.0 Å². The molecule has 6 rings (SSSR count). The highest BCUT2D eigenvalue weighted by molar-refractivity contribution is 7.86. The minimum atomic E-state index is -4.99. The second-order valence-electron chi connectivity index (χ2n) is 12.4. The Bertz CT molecular complexity index is 2970. The van der Waals surface area contributed by atoms with Gasteiger partial charge in [-0.15, -0.1) is 15.3 Å². The molecule has 1 unspecified atom stereocenters. The molecule has 5 N–H and O–H groups in total. The van der Waals surface area contributed by atoms with Crippen LogP contribution in [0.15, 0.2) is 128 Å². The highest BCUT2D eigenvalue weighted by atomic mass is 32.2. The summed E-state index contributed by atoms with van der Waals surface area (Å²) >= 11 is -2.11. The van der Waals surface area contributed by atoms with Gasteiger partial charge in [-0.05, 0) is 95.6 Å². The van der Waals surface area contributed by atoms with Crippen LogP contribution in [0, 0.1) is 6.92 Å². The molecule has 0 saturated carbocycles. The highest BCUT2D eigenvalue weighted by Crippen LogP contribution is 2.47. The molecule has 6 aromatic carbocycles. The summed E-state index contributed by atoms with van der Waals surface area (Å²) in [6.07, 6.45) is 1.48. The molecular weight excluding hydrogens is 813 g/mol. The number of methoxy groups -OCH3 is 1. The van der Waals surface area contributed by atoms with E-state index in [1.165, 1.54) is 78.1 Å². The maximum absolute atomic E-state index is 13.2. The van der Waals surface area contributed by atoms with Gasteiger partial charge in [0.25, 0.3) is 20.2 Å². The van der Waals surface area contributed by atoms with Crippen LogP contribution < -0.4 is 14.2 Å². The molecule has 1 atom stereocenters. The number of carbonyl (C=O) groups excluding carboxylic acids is 1. The number of esters is 1. The first kappa shape index (κ1) is 41.1. The van der Waals surface area contributed by atoms with Gasteiger partial charge < -0.3 is 19.8 Å². The number of carbonyl (C=O) groups is 1. The van der Waals surface area contributed by atoms with Gasteiger partial charge in [0.1, 0.15) is 27.7 Å². The first-order chi connectivity index (χ1) is 27.4. The molecule has 0 fully saturated rings. The summed E-state index contributed by atoms with van der Waals surface area (Å²) in [5.41, 5.74) is 7.37. The molecule has 0 aromatic heterocycles. The maximum Gasteiger partial charge on any atom is 0.340 e. The lowest BCUT2D eigenvalue weighted by Gasteiger charge is -2.19. The van der Waals surface area contributed by atoms with E-state index < -0.39 is 53.8 Å². The molecule has 0 aliphatic rings. The monoisotopic (exact) mass is 844 g/mol. The van der Waals surface area contributed by atoms with Crippen LogP contribution in [0.3, 0.4) is 0 Å². The second-order valence-corrected chi connectivity index (χ2v) is 16.4. The average Bonchev–Trinajstić information content (AvgIpc) is 3.18. The summed E-state index contributed by atoms with van der Waals surface area (Å²) < 4.78 is 93.0. The smallest absolute Gasteiger partial charge is 0.340 e. The van der Waals surface area contributed by atoms with E-state index in [0.29, 0.717) is 33.3 Å². The second kappa shape index (κ2) is 16.1. The van der Waals surface area contributed by atoms with Crippen molar-refractivity contribution in [2.45, 2.75) is 16.7 Å². The number of aromatic hydroxyl groups is 1. The summed E-state index contributed by atoms with van der Waals surface area (Å²) in [7, 11) is -6.83. The number of aryl methyl sites for hydroxylation is 1. The van der Waals surface area contributed by atoms with Crippen LogP contribution in [0.2, 0.25) is 0 Å². The molecule has 0 bridgehead atoms. The van der Waals surface area contributed by atoms with E-state index in [4.69, 9.17) is 14.7 Å². The number of benzene rings is 6. The van der Waals surface area contributed by atoms with E-state index in [0.717, 1.165) is 13.2 Å². The quantitative estimate of drug-likeness (QED) is 0.0391. The molecular formula is C38H32N6O11S3. The number of hydrogen-bond acceptors (Lipinski definition) is 14. The fourth-order valence-corrected chi connectivity index (χ4v) is 7.69. The Morgan fingerprint density at radius 3 is 2.22 bits per heavy atom. The predicted molar refractivity (Wildman–Crippen MR) is 218 cm³/mol. The summed E-state index contributed by atoms with van der Waals surface area (Å²) in [6.45, 7) is 5.29. The molecule has 0 amide bonds. The van der Waals surface area contributed by atoms with Crippen molar-refractivity contribution in [2.24, 2.45) is 20.5 Å². The van der Waals surface area contributed by atoms with Crippen molar-refractivity contribution in [3.05, 3.63) is 114 Å². The predicted octanol–water partition coefficient (Wildman–Crippen LogP) is 8.44. The Hall–Kier alpha value is -6.58. The molecule has 298 valence electrons. The number of fused-ring (bicyclic) bond motifs is 2. The van der Waals surface area contributed by atoms with E-state index in [1.807, 2.05) is 0 Å². The Labute approximate surface area is 334 Å². The number of nitrogen functional groups attached to an aromatic ring is 1. The molecule has 6 aromatic rings. The molecule has 0 spiro atoms.